The Balaban J connectivity index is 2.63. The average molecular weight is 317 g/mol. The van der Waals surface area contributed by atoms with E-state index in [-0.39, 0.29) is 11.8 Å². The largest absolute Gasteiger partial charge is 0.375 e. The van der Waals surface area contributed by atoms with Gasteiger partial charge in [0.25, 0.3) is 5.91 Å². The monoisotopic (exact) mass is 317 g/mol. The van der Waals surface area contributed by atoms with Crippen molar-refractivity contribution in [1.82, 2.24) is 0 Å². The number of nitrogens with one attached hydrogen (secondary N) is 1. The lowest BCUT2D eigenvalue weighted by Gasteiger charge is -2.25. The van der Waals surface area contributed by atoms with Crippen molar-refractivity contribution < 1.29 is 9.90 Å². The number of carbonyl (C=O) groups is 1. The van der Waals surface area contributed by atoms with Crippen LogP contribution in [0.5, 0.6) is 0 Å². The van der Waals surface area contributed by atoms with Gasteiger partial charge in [0, 0.05) is 14.8 Å². The van der Waals surface area contributed by atoms with Crippen LogP contribution in [0.25, 0.3) is 0 Å². The number of aliphatic hydroxyl groups is 1. The second kappa shape index (κ2) is 3.45. The normalized spacial score (nSPS) is 24.2. The zero-order valence-corrected chi connectivity index (χ0v) is 10.7. The first-order valence-corrected chi connectivity index (χ1v) is 5.88. The highest BCUT2D eigenvalue weighted by atomic mass is 127. The minimum absolute atomic E-state index is 0.142. The maximum Gasteiger partial charge on any atom is 0.261 e. The fourth-order valence-electron chi connectivity index (χ4n) is 1.85. The van der Waals surface area contributed by atoms with Crippen LogP contribution < -0.4 is 5.32 Å². The summed E-state index contributed by atoms with van der Waals surface area (Å²) in [5.74, 6) is -0.466. The zero-order valence-electron chi connectivity index (χ0n) is 8.54. The maximum atomic E-state index is 11.7. The minimum atomic E-state index is -1.38. The number of carbonyl (C=O) groups excluding carboxylic acids is 1. The average Bonchev–Trinajstić information content (AvgIpc) is 2.42. The van der Waals surface area contributed by atoms with Crippen molar-refractivity contribution in [3.05, 3.63) is 27.3 Å². The number of rotatable bonds is 1. The number of benzene rings is 1. The van der Waals surface area contributed by atoms with Crippen molar-refractivity contribution in [2.24, 2.45) is 5.92 Å². The number of amides is 1. The molecule has 80 valence electrons. The van der Waals surface area contributed by atoms with Gasteiger partial charge in [-0.05, 0) is 46.7 Å². The van der Waals surface area contributed by atoms with Crippen LogP contribution in [0, 0.1) is 9.49 Å². The molecule has 0 saturated carbocycles. The van der Waals surface area contributed by atoms with Gasteiger partial charge in [0.2, 0.25) is 0 Å². The number of hydrogen-bond donors (Lipinski definition) is 2. The molecule has 0 bridgehead atoms. The molecule has 1 aromatic rings. The predicted molar refractivity (Wildman–Crippen MR) is 66.5 cm³/mol. The van der Waals surface area contributed by atoms with Gasteiger partial charge in [-0.15, -0.1) is 0 Å². The van der Waals surface area contributed by atoms with E-state index in [4.69, 9.17) is 0 Å². The Bertz CT molecular complexity index is 431. The first kappa shape index (κ1) is 10.9. The number of anilines is 1. The molecular formula is C11H12INO2. The molecule has 1 atom stereocenters. The van der Waals surface area contributed by atoms with Crippen molar-refractivity contribution in [2.75, 3.05) is 5.32 Å². The third kappa shape index (κ3) is 1.47. The summed E-state index contributed by atoms with van der Waals surface area (Å²) < 4.78 is 1.02. The van der Waals surface area contributed by atoms with Gasteiger partial charge in [0.1, 0.15) is 0 Å². The summed E-state index contributed by atoms with van der Waals surface area (Å²) in [6.07, 6.45) is 0. The van der Waals surface area contributed by atoms with E-state index < -0.39 is 5.60 Å². The standard InChI is InChI=1S/C11H12INO2/c1-6(2)11(15)8-5-7(12)3-4-9(8)13-10(11)14/h3-6,15H,1-2H3,(H,13,14). The van der Waals surface area contributed by atoms with Gasteiger partial charge >= 0.3 is 0 Å². The molecule has 0 saturated heterocycles. The van der Waals surface area contributed by atoms with Crippen LogP contribution in [0.2, 0.25) is 0 Å². The quantitative estimate of drug-likeness (QED) is 0.779. The Morgan fingerprint density at radius 3 is 2.73 bits per heavy atom. The predicted octanol–water partition coefficient (Wildman–Crippen LogP) is 2.09. The van der Waals surface area contributed by atoms with Crippen molar-refractivity contribution in [1.29, 1.82) is 0 Å². The van der Waals surface area contributed by atoms with Crippen LogP contribution in [0.3, 0.4) is 0 Å². The summed E-state index contributed by atoms with van der Waals surface area (Å²) in [6.45, 7) is 3.68. The highest BCUT2D eigenvalue weighted by molar-refractivity contribution is 14.1. The summed E-state index contributed by atoms with van der Waals surface area (Å²) in [7, 11) is 0. The van der Waals surface area contributed by atoms with Crippen molar-refractivity contribution in [2.45, 2.75) is 19.4 Å². The molecule has 0 radical (unpaired) electrons. The van der Waals surface area contributed by atoms with Crippen molar-refractivity contribution >= 4 is 34.2 Å². The van der Waals surface area contributed by atoms with Crippen molar-refractivity contribution in [3.8, 4) is 0 Å². The Kier molecular flexibility index (Phi) is 2.50. The Morgan fingerprint density at radius 2 is 2.13 bits per heavy atom. The number of hydrogen-bond acceptors (Lipinski definition) is 2. The second-order valence-electron chi connectivity index (χ2n) is 4.07. The van der Waals surface area contributed by atoms with Gasteiger partial charge in [-0.25, -0.2) is 0 Å². The van der Waals surface area contributed by atoms with Crippen LogP contribution in [-0.4, -0.2) is 11.0 Å². The summed E-state index contributed by atoms with van der Waals surface area (Å²) in [5.41, 5.74) is 0.0299. The van der Waals surface area contributed by atoms with Gasteiger partial charge in [0.05, 0.1) is 0 Å². The molecule has 1 aliphatic heterocycles. The van der Waals surface area contributed by atoms with Gasteiger partial charge in [-0.1, -0.05) is 13.8 Å². The molecule has 1 amide bonds. The van der Waals surface area contributed by atoms with Crippen LogP contribution >= 0.6 is 22.6 Å². The third-order valence-electron chi connectivity index (χ3n) is 2.82. The molecule has 1 aliphatic rings. The van der Waals surface area contributed by atoms with E-state index in [1.54, 1.807) is 0 Å². The van der Waals surface area contributed by atoms with E-state index in [1.807, 2.05) is 32.0 Å². The highest BCUT2D eigenvalue weighted by Crippen LogP contribution is 2.41. The fraction of sp³-hybridized carbons (Fsp3) is 0.364. The summed E-state index contributed by atoms with van der Waals surface area (Å²) in [4.78, 5) is 11.7. The minimum Gasteiger partial charge on any atom is -0.375 e. The first-order chi connectivity index (χ1) is 6.96. The van der Waals surface area contributed by atoms with Gasteiger partial charge in [0.15, 0.2) is 5.60 Å². The fourth-order valence-corrected chi connectivity index (χ4v) is 2.35. The Hall–Kier alpha value is -0.620. The van der Waals surface area contributed by atoms with Crippen LogP contribution in [0.1, 0.15) is 19.4 Å². The Morgan fingerprint density at radius 1 is 1.47 bits per heavy atom. The molecule has 1 aromatic carbocycles. The summed E-state index contributed by atoms with van der Waals surface area (Å²) in [5, 5.41) is 13.1. The molecule has 0 aliphatic carbocycles. The SMILES string of the molecule is CC(C)C1(O)C(=O)Nc2ccc(I)cc21. The van der Waals surface area contributed by atoms with E-state index in [2.05, 4.69) is 27.9 Å². The lowest BCUT2D eigenvalue weighted by atomic mass is 9.85. The molecule has 2 rings (SSSR count). The molecule has 3 nitrogen and oxygen atoms in total. The molecule has 0 spiro atoms. The zero-order chi connectivity index (χ0) is 11.2. The molecule has 0 aromatic heterocycles. The summed E-state index contributed by atoms with van der Waals surface area (Å²) >= 11 is 2.17. The Labute approximate surface area is 102 Å². The second-order valence-corrected chi connectivity index (χ2v) is 5.31. The molecule has 2 N–H and O–H groups in total. The van der Waals surface area contributed by atoms with Crippen LogP contribution in [0.15, 0.2) is 18.2 Å². The maximum absolute atomic E-state index is 11.7. The third-order valence-corrected chi connectivity index (χ3v) is 3.49. The van der Waals surface area contributed by atoms with E-state index in [9.17, 15) is 9.90 Å². The lowest BCUT2D eigenvalue weighted by molar-refractivity contribution is -0.138. The molecule has 0 fully saturated rings. The molecule has 15 heavy (non-hydrogen) atoms. The lowest BCUT2D eigenvalue weighted by Crippen LogP contribution is -2.39. The molecule has 1 heterocycles. The van der Waals surface area contributed by atoms with E-state index in [0.29, 0.717) is 5.56 Å². The topological polar surface area (TPSA) is 49.3 Å². The summed E-state index contributed by atoms with van der Waals surface area (Å²) in [6, 6.07) is 5.59. The van der Waals surface area contributed by atoms with E-state index in [1.165, 1.54) is 0 Å². The van der Waals surface area contributed by atoms with Crippen molar-refractivity contribution in [3.63, 3.8) is 0 Å². The first-order valence-electron chi connectivity index (χ1n) is 4.80. The smallest absolute Gasteiger partial charge is 0.261 e. The van der Waals surface area contributed by atoms with Gasteiger partial charge in [-0.3, -0.25) is 4.79 Å². The van der Waals surface area contributed by atoms with Gasteiger partial charge < -0.3 is 10.4 Å². The number of halogens is 1. The molecule has 4 heteroatoms. The molecular weight excluding hydrogens is 305 g/mol. The van der Waals surface area contributed by atoms with Gasteiger partial charge in [-0.2, -0.15) is 0 Å². The van der Waals surface area contributed by atoms with Crippen LogP contribution in [0.4, 0.5) is 5.69 Å². The van der Waals surface area contributed by atoms with E-state index >= 15 is 0 Å². The number of fused-ring (bicyclic) bond motifs is 1. The highest BCUT2D eigenvalue weighted by Gasteiger charge is 2.47. The van der Waals surface area contributed by atoms with E-state index in [0.717, 1.165) is 9.26 Å². The van der Waals surface area contributed by atoms with Crippen LogP contribution in [-0.2, 0) is 10.4 Å². The molecule has 1 unspecified atom stereocenters.